The Morgan fingerprint density at radius 3 is 2.83 bits per heavy atom. The summed E-state index contributed by atoms with van der Waals surface area (Å²) in [6, 6.07) is 0.559. The highest BCUT2D eigenvalue weighted by Crippen LogP contribution is 2.33. The van der Waals surface area contributed by atoms with Crippen LogP contribution >= 0.6 is 11.5 Å². The minimum absolute atomic E-state index is 0.177. The van der Waals surface area contributed by atoms with E-state index in [1.165, 1.54) is 56.7 Å². The lowest BCUT2D eigenvalue weighted by molar-refractivity contribution is 0.0720. The van der Waals surface area contributed by atoms with Gasteiger partial charge in [0.1, 0.15) is 4.88 Å². The molecule has 4 aliphatic rings. The Hall–Kier alpha value is -1.01. The van der Waals surface area contributed by atoms with Gasteiger partial charge in [-0.3, -0.25) is 9.69 Å². The molecular weight excluding hydrogens is 320 g/mol. The molecule has 3 saturated heterocycles. The van der Waals surface area contributed by atoms with Crippen LogP contribution in [-0.4, -0.2) is 57.5 Å². The Labute approximate surface area is 148 Å². The summed E-state index contributed by atoms with van der Waals surface area (Å²) < 4.78 is 4.04. The topological polar surface area (TPSA) is 49.3 Å². The van der Waals surface area contributed by atoms with E-state index in [0.29, 0.717) is 12.0 Å². The summed E-state index contributed by atoms with van der Waals surface area (Å²) in [5, 5.41) is 4.18. The minimum Gasteiger partial charge on any atom is -0.336 e. The first-order chi connectivity index (χ1) is 11.7. The Kier molecular flexibility index (Phi) is 4.86. The molecule has 0 unspecified atom stereocenters. The largest absolute Gasteiger partial charge is 0.336 e. The van der Waals surface area contributed by atoms with Crippen molar-refractivity contribution in [1.82, 2.24) is 19.4 Å². The zero-order valence-electron chi connectivity index (χ0n) is 14.6. The first-order valence-electron chi connectivity index (χ1n) is 9.59. The number of fused-ring (bicyclic) bond motifs is 4. The van der Waals surface area contributed by atoms with Crippen molar-refractivity contribution in [2.75, 3.05) is 26.2 Å². The van der Waals surface area contributed by atoms with Crippen LogP contribution in [-0.2, 0) is 6.42 Å². The van der Waals surface area contributed by atoms with Crippen molar-refractivity contribution in [2.24, 2.45) is 11.8 Å². The fourth-order valence-electron chi connectivity index (χ4n) is 4.49. The van der Waals surface area contributed by atoms with E-state index in [1.807, 2.05) is 0 Å². The molecule has 132 valence electrons. The summed E-state index contributed by atoms with van der Waals surface area (Å²) in [6.07, 6.45) is 8.61. The van der Waals surface area contributed by atoms with E-state index >= 15 is 0 Å². The highest BCUT2D eigenvalue weighted by molar-refractivity contribution is 7.08. The van der Waals surface area contributed by atoms with E-state index in [0.717, 1.165) is 42.4 Å². The number of rotatable bonds is 5. The molecule has 1 saturated carbocycles. The Morgan fingerprint density at radius 2 is 2.08 bits per heavy atom. The fraction of sp³-hybridized carbons (Fsp3) is 0.833. The summed E-state index contributed by atoms with van der Waals surface area (Å²) in [5.74, 6) is 1.73. The van der Waals surface area contributed by atoms with Crippen LogP contribution in [0.15, 0.2) is 0 Å². The van der Waals surface area contributed by atoms with Crippen molar-refractivity contribution in [3.8, 4) is 0 Å². The first kappa shape index (κ1) is 16.5. The molecule has 0 radical (unpaired) electrons. The van der Waals surface area contributed by atoms with Crippen molar-refractivity contribution in [3.63, 3.8) is 0 Å². The summed E-state index contributed by atoms with van der Waals surface area (Å²) in [7, 11) is 0. The molecule has 1 aromatic rings. The number of hydrogen-bond acceptors (Lipinski definition) is 5. The molecule has 2 atom stereocenters. The molecule has 0 aromatic carbocycles. The second-order valence-corrected chi connectivity index (χ2v) is 8.61. The van der Waals surface area contributed by atoms with Gasteiger partial charge in [-0.15, -0.1) is 5.10 Å². The SMILES string of the molecule is CCCc1nnsc1C(=O)N1C[C@@H]2CC[C@H](C1)N(CC1CCC1)C2. The van der Waals surface area contributed by atoms with Gasteiger partial charge in [-0.1, -0.05) is 24.3 Å². The van der Waals surface area contributed by atoms with Gasteiger partial charge in [0.05, 0.1) is 5.69 Å². The lowest BCUT2D eigenvalue weighted by Crippen LogP contribution is -2.47. The number of nitrogens with zero attached hydrogens (tertiary/aromatic N) is 4. The third kappa shape index (κ3) is 3.23. The van der Waals surface area contributed by atoms with E-state index in [2.05, 4.69) is 26.3 Å². The van der Waals surface area contributed by atoms with Gasteiger partial charge in [0.2, 0.25) is 0 Å². The monoisotopic (exact) mass is 348 g/mol. The number of carbonyl (C=O) groups is 1. The van der Waals surface area contributed by atoms with Gasteiger partial charge in [-0.05, 0) is 55.5 Å². The van der Waals surface area contributed by atoms with Crippen LogP contribution in [0, 0.1) is 11.8 Å². The van der Waals surface area contributed by atoms with Gasteiger partial charge in [-0.2, -0.15) is 0 Å². The van der Waals surface area contributed by atoms with Gasteiger partial charge in [0.25, 0.3) is 5.91 Å². The molecule has 5 nitrogen and oxygen atoms in total. The lowest BCUT2D eigenvalue weighted by Gasteiger charge is -2.40. The van der Waals surface area contributed by atoms with E-state index in [4.69, 9.17) is 0 Å². The molecule has 4 fully saturated rings. The normalized spacial score (nSPS) is 28.0. The number of amides is 1. The third-order valence-corrected chi connectivity index (χ3v) is 6.82. The van der Waals surface area contributed by atoms with Crippen LogP contribution in [0.2, 0.25) is 0 Å². The smallest absolute Gasteiger partial charge is 0.267 e. The van der Waals surface area contributed by atoms with Crippen LogP contribution in [0.1, 0.15) is 60.8 Å². The quantitative estimate of drug-likeness (QED) is 0.821. The first-order valence-corrected chi connectivity index (χ1v) is 10.4. The van der Waals surface area contributed by atoms with Crippen molar-refractivity contribution in [1.29, 1.82) is 0 Å². The standard InChI is InChI=1S/C18H28N4OS/c1-2-4-16-17(24-20-19-16)18(23)22-11-14-7-8-15(12-22)21(10-14)9-13-5-3-6-13/h13-15H,2-12H2,1H3/t14-,15-/m1/s1. The number of piperidine rings is 1. The summed E-state index contributed by atoms with van der Waals surface area (Å²) in [6.45, 7) is 6.38. The van der Waals surface area contributed by atoms with Gasteiger partial charge < -0.3 is 4.90 Å². The molecule has 24 heavy (non-hydrogen) atoms. The van der Waals surface area contributed by atoms with Crippen LogP contribution in [0.4, 0.5) is 0 Å². The van der Waals surface area contributed by atoms with Crippen molar-refractivity contribution in [3.05, 3.63) is 10.6 Å². The molecule has 1 amide bonds. The molecule has 2 bridgehead atoms. The molecule has 1 aromatic heterocycles. The van der Waals surface area contributed by atoms with Gasteiger partial charge >= 0.3 is 0 Å². The van der Waals surface area contributed by atoms with Crippen LogP contribution in [0.3, 0.4) is 0 Å². The van der Waals surface area contributed by atoms with Crippen molar-refractivity contribution >= 4 is 17.4 Å². The van der Waals surface area contributed by atoms with E-state index in [9.17, 15) is 4.79 Å². The maximum absolute atomic E-state index is 13.1. The summed E-state index contributed by atoms with van der Waals surface area (Å²) in [5.41, 5.74) is 0.899. The second kappa shape index (κ2) is 7.08. The fourth-order valence-corrected chi connectivity index (χ4v) is 5.17. The molecule has 5 rings (SSSR count). The molecule has 3 aliphatic heterocycles. The summed E-state index contributed by atoms with van der Waals surface area (Å²) >= 11 is 1.28. The van der Waals surface area contributed by atoms with E-state index in [-0.39, 0.29) is 5.91 Å². The molecule has 6 heteroatoms. The highest BCUT2D eigenvalue weighted by atomic mass is 32.1. The van der Waals surface area contributed by atoms with Gasteiger partial charge in [0, 0.05) is 32.2 Å². The zero-order valence-corrected chi connectivity index (χ0v) is 15.4. The molecule has 1 aliphatic carbocycles. The van der Waals surface area contributed by atoms with Crippen molar-refractivity contribution < 1.29 is 4.79 Å². The number of hydrogen-bond donors (Lipinski definition) is 0. The average molecular weight is 349 g/mol. The maximum Gasteiger partial charge on any atom is 0.267 e. The predicted molar refractivity (Wildman–Crippen MR) is 95.2 cm³/mol. The minimum atomic E-state index is 0.177. The third-order valence-electron chi connectivity index (χ3n) is 6.07. The van der Waals surface area contributed by atoms with E-state index < -0.39 is 0 Å². The molecule has 0 N–H and O–H groups in total. The maximum atomic E-state index is 13.1. The number of aromatic nitrogens is 2. The van der Waals surface area contributed by atoms with Gasteiger partial charge in [-0.25, -0.2) is 0 Å². The second-order valence-electron chi connectivity index (χ2n) is 7.86. The molecule has 4 heterocycles. The van der Waals surface area contributed by atoms with Crippen LogP contribution in [0.5, 0.6) is 0 Å². The molecular formula is C18H28N4OS. The average Bonchev–Trinajstić information content (AvgIpc) is 2.81. The summed E-state index contributed by atoms with van der Waals surface area (Å²) in [4.78, 5) is 18.6. The number of carbonyl (C=O) groups excluding carboxylic acids is 1. The Balaban J connectivity index is 1.46. The lowest BCUT2D eigenvalue weighted by atomic mass is 9.83. The zero-order chi connectivity index (χ0) is 16.5. The Bertz CT molecular complexity index is 585. The van der Waals surface area contributed by atoms with E-state index in [1.54, 1.807) is 0 Å². The highest BCUT2D eigenvalue weighted by Gasteiger charge is 2.38. The van der Waals surface area contributed by atoms with Crippen molar-refractivity contribution in [2.45, 2.75) is 57.9 Å². The van der Waals surface area contributed by atoms with Crippen LogP contribution in [0.25, 0.3) is 0 Å². The van der Waals surface area contributed by atoms with Gasteiger partial charge in [0.15, 0.2) is 0 Å². The van der Waals surface area contributed by atoms with Crippen LogP contribution < -0.4 is 0 Å². The Morgan fingerprint density at radius 1 is 1.21 bits per heavy atom. The number of aryl methyl sites for hydroxylation is 1. The molecule has 0 spiro atoms. The predicted octanol–water partition coefficient (Wildman–Crippen LogP) is 2.83.